The van der Waals surface area contributed by atoms with Gasteiger partial charge in [-0.1, -0.05) is 37.3 Å². The number of hydrogen-bond donors (Lipinski definition) is 2. The zero-order valence-corrected chi connectivity index (χ0v) is 16.5. The van der Waals surface area contributed by atoms with Crippen LogP contribution in [0.3, 0.4) is 0 Å². The highest BCUT2D eigenvalue weighted by Gasteiger charge is 2.43. The molecule has 7 nitrogen and oxygen atoms in total. The van der Waals surface area contributed by atoms with Crippen LogP contribution in [-0.2, 0) is 11.2 Å². The average molecular weight is 423 g/mol. The predicted molar refractivity (Wildman–Crippen MR) is 110 cm³/mol. The molecule has 0 unspecified atom stereocenters. The number of fused-ring (bicyclic) bond motifs is 2. The van der Waals surface area contributed by atoms with Crippen molar-refractivity contribution in [2.24, 2.45) is 0 Å². The standard InChI is InChI=1S/C23H18FNO6/c1-2-9-31-21-15-6-4-3-5-14(15)20(28)18-19(21)23(30)25(22(18)29)13-8-7-12(10-17(26)27)16(24)11-13/h3-8,11,28H,2,9-10H2,1H3,(H,26,27). The van der Waals surface area contributed by atoms with Crippen LogP contribution in [0.4, 0.5) is 10.1 Å². The summed E-state index contributed by atoms with van der Waals surface area (Å²) in [7, 11) is 0. The Labute approximate surface area is 176 Å². The van der Waals surface area contributed by atoms with Gasteiger partial charge in [0.2, 0.25) is 0 Å². The number of phenols is 1. The number of carboxylic acids is 1. The fourth-order valence-electron chi connectivity index (χ4n) is 3.69. The molecule has 4 rings (SSSR count). The summed E-state index contributed by atoms with van der Waals surface area (Å²) in [4.78, 5) is 38.0. The van der Waals surface area contributed by atoms with Gasteiger partial charge in [0.05, 0.1) is 29.8 Å². The number of carbonyl (C=O) groups excluding carboxylic acids is 2. The third-order valence-electron chi connectivity index (χ3n) is 5.06. The first-order valence-electron chi connectivity index (χ1n) is 9.64. The van der Waals surface area contributed by atoms with Crippen LogP contribution in [0.25, 0.3) is 10.8 Å². The molecule has 8 heteroatoms. The number of hydrogen-bond acceptors (Lipinski definition) is 5. The molecule has 0 radical (unpaired) electrons. The fraction of sp³-hybridized carbons (Fsp3) is 0.174. The SMILES string of the molecule is CCCOc1c2c(c(O)c3ccccc13)C(=O)N(c1ccc(CC(=O)O)c(F)c1)C2=O. The van der Waals surface area contributed by atoms with E-state index >= 15 is 0 Å². The van der Waals surface area contributed by atoms with E-state index in [4.69, 9.17) is 9.84 Å². The molecule has 2 amide bonds. The van der Waals surface area contributed by atoms with Gasteiger partial charge in [-0.3, -0.25) is 14.4 Å². The van der Waals surface area contributed by atoms with Crippen LogP contribution in [0.15, 0.2) is 42.5 Å². The molecular formula is C23H18FNO6. The zero-order valence-electron chi connectivity index (χ0n) is 16.5. The quantitative estimate of drug-likeness (QED) is 0.583. The van der Waals surface area contributed by atoms with E-state index < -0.39 is 30.0 Å². The van der Waals surface area contributed by atoms with E-state index in [2.05, 4.69) is 0 Å². The molecule has 31 heavy (non-hydrogen) atoms. The Morgan fingerprint density at radius 2 is 1.74 bits per heavy atom. The highest BCUT2D eigenvalue weighted by molar-refractivity contribution is 6.38. The summed E-state index contributed by atoms with van der Waals surface area (Å²) in [6, 6.07) is 10.2. The van der Waals surface area contributed by atoms with Crippen molar-refractivity contribution < 1.29 is 33.7 Å². The molecule has 0 aromatic heterocycles. The number of amides is 2. The number of nitrogens with zero attached hydrogens (tertiary/aromatic N) is 1. The molecule has 0 spiro atoms. The van der Waals surface area contributed by atoms with Crippen LogP contribution in [0, 0.1) is 5.82 Å². The Bertz CT molecular complexity index is 1250. The number of aliphatic carboxylic acids is 1. The summed E-state index contributed by atoms with van der Waals surface area (Å²) in [6.45, 7) is 2.19. The zero-order chi connectivity index (χ0) is 22.3. The lowest BCUT2D eigenvalue weighted by Crippen LogP contribution is -2.29. The first kappa shape index (κ1) is 20.3. The van der Waals surface area contributed by atoms with Crippen molar-refractivity contribution in [2.75, 3.05) is 11.5 Å². The number of anilines is 1. The summed E-state index contributed by atoms with van der Waals surface area (Å²) < 4.78 is 20.2. The van der Waals surface area contributed by atoms with E-state index in [9.17, 15) is 23.9 Å². The number of phenolic OH excluding ortho intramolecular Hbond substituents is 1. The smallest absolute Gasteiger partial charge is 0.307 e. The van der Waals surface area contributed by atoms with Gasteiger partial charge in [0.1, 0.15) is 17.3 Å². The number of halogens is 1. The predicted octanol–water partition coefficient (Wildman–Crippen LogP) is 3.90. The number of imide groups is 1. The maximum absolute atomic E-state index is 14.4. The summed E-state index contributed by atoms with van der Waals surface area (Å²) in [6.07, 6.45) is 0.126. The second-order valence-electron chi connectivity index (χ2n) is 7.11. The number of ether oxygens (including phenoxy) is 1. The van der Waals surface area contributed by atoms with Gasteiger partial charge in [0.25, 0.3) is 11.8 Å². The highest BCUT2D eigenvalue weighted by atomic mass is 19.1. The first-order valence-corrected chi connectivity index (χ1v) is 9.64. The van der Waals surface area contributed by atoms with Gasteiger partial charge in [0.15, 0.2) is 0 Å². The lowest BCUT2D eigenvalue weighted by atomic mass is 9.99. The van der Waals surface area contributed by atoms with Gasteiger partial charge >= 0.3 is 5.97 Å². The molecule has 1 heterocycles. The Kier molecular flexibility index (Phi) is 5.06. The van der Waals surface area contributed by atoms with Gasteiger partial charge in [-0.2, -0.15) is 0 Å². The van der Waals surface area contributed by atoms with Crippen LogP contribution in [0.2, 0.25) is 0 Å². The van der Waals surface area contributed by atoms with Crippen molar-refractivity contribution in [1.29, 1.82) is 0 Å². The Hall–Kier alpha value is -3.94. The van der Waals surface area contributed by atoms with Crippen molar-refractivity contribution in [3.8, 4) is 11.5 Å². The highest BCUT2D eigenvalue weighted by Crippen LogP contribution is 2.45. The van der Waals surface area contributed by atoms with Crippen LogP contribution in [0.5, 0.6) is 11.5 Å². The summed E-state index contributed by atoms with van der Waals surface area (Å²) in [5.41, 5.74) is -0.425. The molecule has 0 atom stereocenters. The van der Waals surface area contributed by atoms with E-state index in [0.29, 0.717) is 23.8 Å². The Morgan fingerprint density at radius 1 is 1.06 bits per heavy atom. The largest absolute Gasteiger partial charge is 0.506 e. The monoisotopic (exact) mass is 423 g/mol. The van der Waals surface area contributed by atoms with E-state index in [1.165, 1.54) is 12.1 Å². The third-order valence-corrected chi connectivity index (χ3v) is 5.06. The lowest BCUT2D eigenvalue weighted by molar-refractivity contribution is -0.136. The van der Waals surface area contributed by atoms with Crippen molar-refractivity contribution in [3.63, 3.8) is 0 Å². The molecule has 0 fully saturated rings. The van der Waals surface area contributed by atoms with Crippen LogP contribution in [0.1, 0.15) is 39.6 Å². The molecule has 3 aromatic carbocycles. The maximum Gasteiger partial charge on any atom is 0.307 e. The molecule has 0 aliphatic carbocycles. The normalized spacial score (nSPS) is 13.0. The molecule has 0 bridgehead atoms. The molecule has 0 saturated heterocycles. The Balaban J connectivity index is 1.88. The topological polar surface area (TPSA) is 104 Å². The number of carboxylic acid groups (broad SMARTS) is 1. The first-order chi connectivity index (χ1) is 14.8. The van der Waals surface area contributed by atoms with Crippen LogP contribution in [-0.4, -0.2) is 34.6 Å². The van der Waals surface area contributed by atoms with Crippen LogP contribution < -0.4 is 9.64 Å². The number of rotatable bonds is 6. The average Bonchev–Trinajstić information content (AvgIpc) is 3.00. The van der Waals surface area contributed by atoms with Crippen molar-refractivity contribution in [1.82, 2.24) is 0 Å². The fourth-order valence-corrected chi connectivity index (χ4v) is 3.69. The number of carbonyl (C=O) groups is 3. The van der Waals surface area contributed by atoms with Gasteiger partial charge in [-0.25, -0.2) is 9.29 Å². The summed E-state index contributed by atoms with van der Waals surface area (Å²) >= 11 is 0. The molecule has 1 aliphatic rings. The minimum atomic E-state index is -1.21. The lowest BCUT2D eigenvalue weighted by Gasteiger charge is -2.15. The minimum Gasteiger partial charge on any atom is -0.506 e. The maximum atomic E-state index is 14.4. The summed E-state index contributed by atoms with van der Waals surface area (Å²) in [5.74, 6) is -3.78. The van der Waals surface area contributed by atoms with Crippen molar-refractivity contribution in [3.05, 3.63) is 65.0 Å². The summed E-state index contributed by atoms with van der Waals surface area (Å²) in [5, 5.41) is 20.5. The number of aromatic hydroxyl groups is 1. The van der Waals surface area contributed by atoms with Crippen molar-refractivity contribution in [2.45, 2.75) is 19.8 Å². The third kappa shape index (κ3) is 3.26. The van der Waals surface area contributed by atoms with Crippen LogP contribution >= 0.6 is 0 Å². The molecule has 1 aliphatic heterocycles. The number of benzene rings is 3. The molecular weight excluding hydrogens is 405 g/mol. The van der Waals surface area contributed by atoms with Gasteiger partial charge in [-0.05, 0) is 24.1 Å². The van der Waals surface area contributed by atoms with Crippen molar-refractivity contribution >= 4 is 34.2 Å². The van der Waals surface area contributed by atoms with Gasteiger partial charge < -0.3 is 14.9 Å². The second-order valence-corrected chi connectivity index (χ2v) is 7.11. The van der Waals surface area contributed by atoms with E-state index in [1.54, 1.807) is 24.3 Å². The molecule has 3 aromatic rings. The van der Waals surface area contributed by atoms with Gasteiger partial charge in [0, 0.05) is 10.8 Å². The Morgan fingerprint density at radius 3 is 2.39 bits per heavy atom. The second kappa shape index (κ2) is 7.71. The molecule has 158 valence electrons. The molecule has 2 N–H and O–H groups in total. The van der Waals surface area contributed by atoms with E-state index in [-0.39, 0.29) is 33.9 Å². The van der Waals surface area contributed by atoms with E-state index in [1.807, 2.05) is 6.92 Å². The molecule has 0 saturated carbocycles. The van der Waals surface area contributed by atoms with Gasteiger partial charge in [-0.15, -0.1) is 0 Å². The minimum absolute atomic E-state index is 0.0669. The van der Waals surface area contributed by atoms with E-state index in [0.717, 1.165) is 11.0 Å².